The minimum atomic E-state index is -1.12. The van der Waals surface area contributed by atoms with Crippen molar-refractivity contribution in [1.29, 1.82) is 0 Å². The van der Waals surface area contributed by atoms with E-state index in [2.05, 4.69) is 5.32 Å². The summed E-state index contributed by atoms with van der Waals surface area (Å²) in [5.74, 6) is -2.03. The first kappa shape index (κ1) is 16.4. The molecular formula is C14H19F2NO3. The average molecular weight is 287 g/mol. The molecular weight excluding hydrogens is 268 g/mol. The Hall–Kier alpha value is -1.69. The van der Waals surface area contributed by atoms with E-state index in [1.807, 2.05) is 6.92 Å². The van der Waals surface area contributed by atoms with Crippen LogP contribution in [-0.4, -0.2) is 31.3 Å². The molecule has 0 radical (unpaired) electrons. The molecule has 0 spiro atoms. The number of carbonyl (C=O) groups is 1. The summed E-state index contributed by atoms with van der Waals surface area (Å²) in [4.78, 5) is 11.9. The third kappa shape index (κ3) is 4.16. The Kier molecular flexibility index (Phi) is 5.88. The van der Waals surface area contributed by atoms with E-state index in [-0.39, 0.29) is 19.0 Å². The molecule has 1 aromatic rings. The van der Waals surface area contributed by atoms with Crippen LogP contribution in [0.4, 0.5) is 8.78 Å². The van der Waals surface area contributed by atoms with Crippen molar-refractivity contribution in [2.45, 2.75) is 26.3 Å². The Morgan fingerprint density at radius 2 is 2.05 bits per heavy atom. The van der Waals surface area contributed by atoms with Crippen molar-refractivity contribution in [3.8, 4) is 5.75 Å². The van der Waals surface area contributed by atoms with Gasteiger partial charge in [0, 0.05) is 6.07 Å². The SMILES string of the molecule is CCNC(C)(COc1cc(F)ccc1F)C(=O)OCC. The van der Waals surface area contributed by atoms with Crippen molar-refractivity contribution in [3.05, 3.63) is 29.8 Å². The topological polar surface area (TPSA) is 47.6 Å². The number of hydrogen-bond acceptors (Lipinski definition) is 4. The van der Waals surface area contributed by atoms with Crippen molar-refractivity contribution in [1.82, 2.24) is 5.32 Å². The largest absolute Gasteiger partial charge is 0.488 e. The Bertz CT molecular complexity index is 468. The van der Waals surface area contributed by atoms with Crippen LogP contribution in [0.25, 0.3) is 0 Å². The second-order valence-electron chi connectivity index (χ2n) is 4.45. The van der Waals surface area contributed by atoms with Gasteiger partial charge in [0.2, 0.25) is 0 Å². The first-order valence-electron chi connectivity index (χ1n) is 6.43. The Morgan fingerprint density at radius 1 is 1.35 bits per heavy atom. The minimum absolute atomic E-state index is 0.167. The van der Waals surface area contributed by atoms with Crippen molar-refractivity contribution >= 4 is 5.97 Å². The van der Waals surface area contributed by atoms with Gasteiger partial charge >= 0.3 is 5.97 Å². The van der Waals surface area contributed by atoms with Gasteiger partial charge in [-0.1, -0.05) is 6.92 Å². The fraction of sp³-hybridized carbons (Fsp3) is 0.500. The lowest BCUT2D eigenvalue weighted by molar-refractivity contribution is -0.151. The van der Waals surface area contributed by atoms with Gasteiger partial charge in [-0.05, 0) is 32.5 Å². The van der Waals surface area contributed by atoms with Crippen LogP contribution in [0.15, 0.2) is 18.2 Å². The van der Waals surface area contributed by atoms with Crippen LogP contribution in [0.1, 0.15) is 20.8 Å². The molecule has 0 bridgehead atoms. The maximum atomic E-state index is 13.5. The molecule has 1 atom stereocenters. The number of ether oxygens (including phenoxy) is 2. The Labute approximate surface area is 117 Å². The van der Waals surface area contributed by atoms with E-state index < -0.39 is 23.1 Å². The molecule has 0 aliphatic heterocycles. The van der Waals surface area contributed by atoms with Crippen LogP contribution in [0, 0.1) is 11.6 Å². The van der Waals surface area contributed by atoms with Crippen molar-refractivity contribution < 1.29 is 23.0 Å². The highest BCUT2D eigenvalue weighted by atomic mass is 19.1. The molecule has 0 aliphatic rings. The molecule has 1 N–H and O–H groups in total. The van der Waals surface area contributed by atoms with Crippen LogP contribution in [0.5, 0.6) is 5.75 Å². The summed E-state index contributed by atoms with van der Waals surface area (Å²) in [7, 11) is 0. The fourth-order valence-corrected chi connectivity index (χ4v) is 1.67. The van der Waals surface area contributed by atoms with E-state index in [9.17, 15) is 13.6 Å². The number of esters is 1. The van der Waals surface area contributed by atoms with Crippen molar-refractivity contribution in [2.24, 2.45) is 0 Å². The van der Waals surface area contributed by atoms with Gasteiger partial charge in [0.1, 0.15) is 18.0 Å². The standard InChI is InChI=1S/C14H19F2NO3/c1-4-17-14(3,13(18)19-5-2)9-20-12-8-10(15)6-7-11(12)16/h6-8,17H,4-5,9H2,1-3H3. The minimum Gasteiger partial charge on any atom is -0.488 e. The molecule has 112 valence electrons. The number of hydrogen-bond donors (Lipinski definition) is 1. The Morgan fingerprint density at radius 3 is 2.65 bits per heavy atom. The van der Waals surface area contributed by atoms with Gasteiger partial charge in [-0.25, -0.2) is 13.6 Å². The number of likely N-dealkylation sites (N-methyl/N-ethyl adjacent to an activating group) is 1. The number of halogens is 2. The highest BCUT2D eigenvalue weighted by Gasteiger charge is 2.35. The number of carbonyl (C=O) groups excluding carboxylic acids is 1. The number of nitrogens with one attached hydrogen (secondary N) is 1. The van der Waals surface area contributed by atoms with Crippen LogP contribution < -0.4 is 10.1 Å². The summed E-state index contributed by atoms with van der Waals surface area (Å²) in [6.07, 6.45) is 0. The zero-order chi connectivity index (χ0) is 15.2. The van der Waals surface area contributed by atoms with E-state index in [1.54, 1.807) is 13.8 Å². The van der Waals surface area contributed by atoms with Gasteiger partial charge in [0.25, 0.3) is 0 Å². The van der Waals surface area contributed by atoms with Crippen LogP contribution in [0.2, 0.25) is 0 Å². The summed E-state index contributed by atoms with van der Waals surface area (Å²) in [6, 6.07) is 2.91. The summed E-state index contributed by atoms with van der Waals surface area (Å²) >= 11 is 0. The first-order chi connectivity index (χ1) is 9.42. The molecule has 0 amide bonds. The lowest BCUT2D eigenvalue weighted by Crippen LogP contribution is -2.54. The van der Waals surface area contributed by atoms with Crippen molar-refractivity contribution in [3.63, 3.8) is 0 Å². The molecule has 6 heteroatoms. The van der Waals surface area contributed by atoms with Crippen LogP contribution in [0.3, 0.4) is 0 Å². The maximum absolute atomic E-state index is 13.5. The van der Waals surface area contributed by atoms with Gasteiger partial charge < -0.3 is 9.47 Å². The molecule has 1 rings (SSSR count). The molecule has 0 aromatic heterocycles. The molecule has 0 heterocycles. The second kappa shape index (κ2) is 7.19. The van der Waals surface area contributed by atoms with Gasteiger partial charge in [-0.15, -0.1) is 0 Å². The molecule has 0 saturated heterocycles. The predicted octanol–water partition coefficient (Wildman–Crippen LogP) is 2.27. The lowest BCUT2D eigenvalue weighted by Gasteiger charge is -2.28. The third-order valence-corrected chi connectivity index (χ3v) is 2.70. The third-order valence-electron chi connectivity index (χ3n) is 2.70. The quantitative estimate of drug-likeness (QED) is 0.782. The predicted molar refractivity (Wildman–Crippen MR) is 70.6 cm³/mol. The maximum Gasteiger partial charge on any atom is 0.329 e. The molecule has 1 unspecified atom stereocenters. The highest BCUT2D eigenvalue weighted by Crippen LogP contribution is 2.20. The fourth-order valence-electron chi connectivity index (χ4n) is 1.67. The summed E-state index contributed by atoms with van der Waals surface area (Å²) in [6.45, 7) is 5.67. The lowest BCUT2D eigenvalue weighted by atomic mass is 10.0. The zero-order valence-corrected chi connectivity index (χ0v) is 11.8. The number of benzene rings is 1. The van der Waals surface area contributed by atoms with Crippen LogP contribution >= 0.6 is 0 Å². The summed E-state index contributed by atoms with van der Waals surface area (Å²) in [5.41, 5.74) is -1.12. The van der Waals surface area contributed by atoms with Gasteiger partial charge in [-0.2, -0.15) is 0 Å². The zero-order valence-electron chi connectivity index (χ0n) is 11.8. The van der Waals surface area contributed by atoms with Crippen LogP contribution in [-0.2, 0) is 9.53 Å². The molecule has 0 fully saturated rings. The van der Waals surface area contributed by atoms with Gasteiger partial charge in [0.05, 0.1) is 6.61 Å². The summed E-state index contributed by atoms with van der Waals surface area (Å²) < 4.78 is 36.7. The normalized spacial score (nSPS) is 13.7. The first-order valence-corrected chi connectivity index (χ1v) is 6.43. The van der Waals surface area contributed by atoms with Gasteiger partial charge in [-0.3, -0.25) is 5.32 Å². The van der Waals surface area contributed by atoms with E-state index >= 15 is 0 Å². The Balaban J connectivity index is 2.81. The molecule has 20 heavy (non-hydrogen) atoms. The second-order valence-corrected chi connectivity index (χ2v) is 4.45. The van der Waals surface area contributed by atoms with E-state index in [0.717, 1.165) is 18.2 Å². The monoisotopic (exact) mass is 287 g/mol. The smallest absolute Gasteiger partial charge is 0.329 e. The number of rotatable bonds is 7. The summed E-state index contributed by atoms with van der Waals surface area (Å²) in [5, 5.41) is 2.93. The van der Waals surface area contributed by atoms with Gasteiger partial charge in [0.15, 0.2) is 11.6 Å². The highest BCUT2D eigenvalue weighted by molar-refractivity contribution is 5.80. The van der Waals surface area contributed by atoms with E-state index in [4.69, 9.17) is 9.47 Å². The average Bonchev–Trinajstić information content (AvgIpc) is 2.40. The molecule has 0 saturated carbocycles. The molecule has 1 aromatic carbocycles. The molecule has 4 nitrogen and oxygen atoms in total. The molecule has 0 aliphatic carbocycles. The van der Waals surface area contributed by atoms with E-state index in [1.165, 1.54) is 0 Å². The van der Waals surface area contributed by atoms with Crippen molar-refractivity contribution in [2.75, 3.05) is 19.8 Å². The van der Waals surface area contributed by atoms with E-state index in [0.29, 0.717) is 6.54 Å².